The van der Waals surface area contributed by atoms with Crippen LogP contribution in [0.25, 0.3) is 0 Å². The Morgan fingerprint density at radius 3 is 2.92 bits per heavy atom. The molecule has 0 fully saturated rings. The van der Waals surface area contributed by atoms with Gasteiger partial charge in [0.2, 0.25) is 0 Å². The monoisotopic (exact) mass is 200 g/mol. The molecule has 0 radical (unpaired) electrons. The van der Waals surface area contributed by atoms with Crippen LogP contribution in [0.1, 0.15) is 5.56 Å². The van der Waals surface area contributed by atoms with Crippen LogP contribution in [0.4, 0.5) is 0 Å². The smallest absolute Gasteiger partial charge is 0.151 e. The first kappa shape index (κ1) is 9.42. The maximum Gasteiger partial charge on any atom is 0.151 e. The third kappa shape index (κ3) is 3.15. The van der Waals surface area contributed by atoms with E-state index in [1.165, 1.54) is 11.8 Å². The molecule has 0 bridgehead atoms. The van der Waals surface area contributed by atoms with E-state index in [0.717, 1.165) is 10.6 Å². The quantitative estimate of drug-likeness (QED) is 0.569. The minimum Gasteiger partial charge on any atom is -0.379 e. The average Bonchev–Trinajstić information content (AvgIpc) is 2.01. The normalized spacial score (nSPS) is 9.75. The van der Waals surface area contributed by atoms with Crippen molar-refractivity contribution in [3.05, 3.63) is 34.9 Å². The lowest BCUT2D eigenvalue weighted by atomic mass is 10.2. The molecule has 0 atom stereocenters. The minimum absolute atomic E-state index is 0.134. The molecule has 1 rings (SSSR count). The highest BCUT2D eigenvalue weighted by molar-refractivity contribution is 8.13. The summed E-state index contributed by atoms with van der Waals surface area (Å²) in [5, 5.41) is 7.86. The van der Waals surface area contributed by atoms with Crippen LogP contribution < -0.4 is 5.73 Å². The lowest BCUT2D eigenvalue weighted by Gasteiger charge is -1.99. The van der Waals surface area contributed by atoms with Crippen molar-refractivity contribution < 1.29 is 0 Å². The lowest BCUT2D eigenvalue weighted by Crippen LogP contribution is -2.03. The zero-order valence-electron chi connectivity index (χ0n) is 6.38. The molecule has 12 heavy (non-hydrogen) atoms. The summed E-state index contributed by atoms with van der Waals surface area (Å²) in [6.07, 6.45) is 0. The van der Waals surface area contributed by atoms with Gasteiger partial charge in [0.15, 0.2) is 5.17 Å². The molecule has 0 spiro atoms. The molecule has 0 heterocycles. The van der Waals surface area contributed by atoms with Crippen molar-refractivity contribution in [1.82, 2.24) is 0 Å². The van der Waals surface area contributed by atoms with Gasteiger partial charge in [0.25, 0.3) is 0 Å². The molecule has 0 aliphatic rings. The van der Waals surface area contributed by atoms with Crippen LogP contribution in [-0.2, 0) is 5.75 Å². The van der Waals surface area contributed by atoms with Gasteiger partial charge in [-0.15, -0.1) is 0 Å². The maximum atomic E-state index is 7.01. The molecule has 64 valence electrons. The predicted molar refractivity (Wildman–Crippen MR) is 54.7 cm³/mol. The number of rotatable bonds is 2. The third-order valence-electron chi connectivity index (χ3n) is 1.28. The van der Waals surface area contributed by atoms with Crippen LogP contribution in [0.5, 0.6) is 0 Å². The average molecular weight is 201 g/mol. The Morgan fingerprint density at radius 2 is 2.33 bits per heavy atom. The molecule has 1 aromatic rings. The number of thioether (sulfide) groups is 1. The van der Waals surface area contributed by atoms with E-state index in [0.29, 0.717) is 5.75 Å². The lowest BCUT2D eigenvalue weighted by molar-refractivity contribution is 1.42. The molecule has 0 aromatic heterocycles. The van der Waals surface area contributed by atoms with Gasteiger partial charge >= 0.3 is 0 Å². The fraction of sp³-hybridized carbons (Fsp3) is 0.125. The maximum absolute atomic E-state index is 7.01. The number of nitrogens with one attached hydrogen (secondary N) is 1. The first-order valence-corrected chi connectivity index (χ1v) is 4.76. The summed E-state index contributed by atoms with van der Waals surface area (Å²) >= 11 is 7.06. The van der Waals surface area contributed by atoms with Crippen molar-refractivity contribution in [3.8, 4) is 0 Å². The van der Waals surface area contributed by atoms with Gasteiger partial charge in [-0.1, -0.05) is 35.5 Å². The first-order chi connectivity index (χ1) is 5.68. The van der Waals surface area contributed by atoms with Crippen LogP contribution >= 0.6 is 23.4 Å². The largest absolute Gasteiger partial charge is 0.379 e. The Bertz CT molecular complexity index is 288. The number of hydrogen-bond donors (Lipinski definition) is 2. The first-order valence-electron chi connectivity index (χ1n) is 3.40. The number of amidine groups is 1. The fourth-order valence-electron chi connectivity index (χ4n) is 0.788. The van der Waals surface area contributed by atoms with Gasteiger partial charge in [-0.3, -0.25) is 5.41 Å². The van der Waals surface area contributed by atoms with Crippen molar-refractivity contribution in [2.45, 2.75) is 5.75 Å². The van der Waals surface area contributed by atoms with Crippen LogP contribution in [0, 0.1) is 5.41 Å². The second kappa shape index (κ2) is 4.38. The minimum atomic E-state index is 0.134. The van der Waals surface area contributed by atoms with E-state index in [4.69, 9.17) is 22.7 Å². The molecule has 1 aromatic carbocycles. The van der Waals surface area contributed by atoms with Gasteiger partial charge in [0.1, 0.15) is 0 Å². The Labute approximate surface area is 80.6 Å². The van der Waals surface area contributed by atoms with E-state index < -0.39 is 0 Å². The molecule has 0 saturated carbocycles. The fourth-order valence-corrected chi connectivity index (χ4v) is 1.50. The van der Waals surface area contributed by atoms with E-state index >= 15 is 0 Å². The van der Waals surface area contributed by atoms with Gasteiger partial charge < -0.3 is 5.73 Å². The van der Waals surface area contributed by atoms with E-state index in [2.05, 4.69) is 0 Å². The van der Waals surface area contributed by atoms with E-state index in [-0.39, 0.29) is 5.17 Å². The topological polar surface area (TPSA) is 49.9 Å². The molecule has 0 aliphatic carbocycles. The van der Waals surface area contributed by atoms with Gasteiger partial charge in [-0.2, -0.15) is 0 Å². The summed E-state index contributed by atoms with van der Waals surface area (Å²) in [5.41, 5.74) is 6.28. The molecule has 4 heteroatoms. The van der Waals surface area contributed by atoms with Gasteiger partial charge in [0, 0.05) is 10.8 Å². The van der Waals surface area contributed by atoms with Crippen LogP contribution in [0.2, 0.25) is 5.02 Å². The van der Waals surface area contributed by atoms with E-state index in [1.807, 2.05) is 24.3 Å². The highest BCUT2D eigenvalue weighted by Gasteiger charge is 1.95. The van der Waals surface area contributed by atoms with E-state index in [9.17, 15) is 0 Å². The number of halogens is 1. The van der Waals surface area contributed by atoms with Crippen molar-refractivity contribution in [2.24, 2.45) is 5.73 Å². The van der Waals surface area contributed by atoms with Gasteiger partial charge in [0.05, 0.1) is 0 Å². The number of benzene rings is 1. The molecule has 2 nitrogen and oxygen atoms in total. The standard InChI is InChI=1S/C8H9ClN2S/c9-7-3-1-2-6(4-7)5-12-8(10)11/h1-4H,5H2,(H3,10,11). The second-order valence-corrected chi connectivity index (χ2v) is 3.74. The summed E-state index contributed by atoms with van der Waals surface area (Å²) in [7, 11) is 0. The number of nitrogens with two attached hydrogens (primary N) is 1. The van der Waals surface area contributed by atoms with Crippen molar-refractivity contribution in [3.63, 3.8) is 0 Å². The highest BCUT2D eigenvalue weighted by Crippen LogP contribution is 2.15. The van der Waals surface area contributed by atoms with Gasteiger partial charge in [-0.25, -0.2) is 0 Å². The third-order valence-corrected chi connectivity index (χ3v) is 2.31. The van der Waals surface area contributed by atoms with Gasteiger partial charge in [-0.05, 0) is 17.7 Å². The summed E-state index contributed by atoms with van der Waals surface area (Å²) < 4.78 is 0. The van der Waals surface area contributed by atoms with Crippen LogP contribution in [0.3, 0.4) is 0 Å². The van der Waals surface area contributed by atoms with E-state index in [1.54, 1.807) is 0 Å². The molecule has 0 unspecified atom stereocenters. The molecular weight excluding hydrogens is 192 g/mol. The Morgan fingerprint density at radius 1 is 1.58 bits per heavy atom. The molecule has 0 amide bonds. The molecule has 0 saturated heterocycles. The zero-order chi connectivity index (χ0) is 8.97. The Kier molecular flexibility index (Phi) is 3.44. The van der Waals surface area contributed by atoms with Crippen molar-refractivity contribution >= 4 is 28.5 Å². The Balaban J connectivity index is 2.57. The second-order valence-electron chi connectivity index (χ2n) is 2.28. The molecule has 0 aliphatic heterocycles. The zero-order valence-corrected chi connectivity index (χ0v) is 7.95. The van der Waals surface area contributed by atoms with Crippen molar-refractivity contribution in [2.75, 3.05) is 0 Å². The highest BCUT2D eigenvalue weighted by atomic mass is 35.5. The van der Waals surface area contributed by atoms with Crippen LogP contribution in [-0.4, -0.2) is 5.17 Å². The van der Waals surface area contributed by atoms with Crippen LogP contribution in [0.15, 0.2) is 24.3 Å². The molecular formula is C8H9ClN2S. The number of hydrogen-bond acceptors (Lipinski definition) is 2. The summed E-state index contributed by atoms with van der Waals surface area (Å²) in [6.45, 7) is 0. The molecule has 3 N–H and O–H groups in total. The summed E-state index contributed by atoms with van der Waals surface area (Å²) in [5.74, 6) is 0.704. The summed E-state index contributed by atoms with van der Waals surface area (Å²) in [4.78, 5) is 0. The SMILES string of the molecule is N=C(N)SCc1cccc(Cl)c1. The Hall–Kier alpha value is -0.670. The summed E-state index contributed by atoms with van der Waals surface area (Å²) in [6, 6.07) is 7.54. The van der Waals surface area contributed by atoms with Crippen molar-refractivity contribution in [1.29, 1.82) is 5.41 Å². The predicted octanol–water partition coefficient (Wildman–Crippen LogP) is 2.47.